The average Bonchev–Trinajstić information content (AvgIpc) is 2.63. The van der Waals surface area contributed by atoms with E-state index in [-0.39, 0.29) is 0 Å². The number of rotatable bonds is 3. The van der Waals surface area contributed by atoms with Crippen LogP contribution in [0.15, 0.2) is 24.3 Å². The predicted octanol–water partition coefficient (Wildman–Crippen LogP) is 2.18. The molecular formula is C13H20N2. The highest BCUT2D eigenvalue weighted by molar-refractivity contribution is 5.25. The summed E-state index contributed by atoms with van der Waals surface area (Å²) in [4.78, 5) is 0. The lowest BCUT2D eigenvalue weighted by atomic mass is 9.99. The molecule has 1 aromatic rings. The van der Waals surface area contributed by atoms with Gasteiger partial charge >= 0.3 is 0 Å². The van der Waals surface area contributed by atoms with Gasteiger partial charge in [0.15, 0.2) is 0 Å². The second-order valence-corrected chi connectivity index (χ2v) is 4.59. The first-order valence-electron chi connectivity index (χ1n) is 5.81. The van der Waals surface area contributed by atoms with Crippen molar-refractivity contribution in [3.8, 4) is 0 Å². The predicted molar refractivity (Wildman–Crippen MR) is 63.6 cm³/mol. The fraction of sp³-hybridized carbons (Fsp3) is 0.538. The van der Waals surface area contributed by atoms with Crippen LogP contribution < -0.4 is 10.9 Å². The molecule has 82 valence electrons. The standard InChI is InChI=1S/C13H20N2/c1-10-5-3-4-6-12(10)7-8-13-9-11(2)14-15-13/h3-6,11,13-15H,7-9H2,1-2H3. The molecule has 2 atom stereocenters. The van der Waals surface area contributed by atoms with Crippen molar-refractivity contribution in [2.24, 2.45) is 0 Å². The van der Waals surface area contributed by atoms with Crippen molar-refractivity contribution in [2.45, 2.75) is 45.2 Å². The van der Waals surface area contributed by atoms with E-state index in [4.69, 9.17) is 0 Å². The zero-order valence-corrected chi connectivity index (χ0v) is 9.59. The van der Waals surface area contributed by atoms with Gasteiger partial charge in [0.1, 0.15) is 0 Å². The summed E-state index contributed by atoms with van der Waals surface area (Å²) in [6.07, 6.45) is 3.65. The lowest BCUT2D eigenvalue weighted by Gasteiger charge is -2.10. The Morgan fingerprint density at radius 3 is 2.73 bits per heavy atom. The van der Waals surface area contributed by atoms with E-state index in [1.165, 1.54) is 30.4 Å². The summed E-state index contributed by atoms with van der Waals surface area (Å²) < 4.78 is 0. The maximum atomic E-state index is 3.35. The molecule has 2 nitrogen and oxygen atoms in total. The van der Waals surface area contributed by atoms with E-state index in [1.807, 2.05) is 0 Å². The van der Waals surface area contributed by atoms with Gasteiger partial charge in [-0.3, -0.25) is 10.9 Å². The average molecular weight is 204 g/mol. The SMILES string of the molecule is Cc1ccccc1CCC1CC(C)NN1. The molecule has 0 amide bonds. The molecule has 2 unspecified atom stereocenters. The summed E-state index contributed by atoms with van der Waals surface area (Å²) in [5.41, 5.74) is 9.51. The van der Waals surface area contributed by atoms with Crippen LogP contribution >= 0.6 is 0 Å². The Kier molecular flexibility index (Phi) is 3.39. The Hall–Kier alpha value is -0.860. The van der Waals surface area contributed by atoms with Crippen molar-refractivity contribution in [2.75, 3.05) is 0 Å². The summed E-state index contributed by atoms with van der Waals surface area (Å²) in [5, 5.41) is 0. The number of hydrazine groups is 1. The van der Waals surface area contributed by atoms with Gasteiger partial charge in [0.25, 0.3) is 0 Å². The molecule has 15 heavy (non-hydrogen) atoms. The van der Waals surface area contributed by atoms with E-state index in [0.717, 1.165) is 0 Å². The monoisotopic (exact) mass is 204 g/mol. The highest BCUT2D eigenvalue weighted by Crippen LogP contribution is 2.14. The number of nitrogens with one attached hydrogen (secondary N) is 2. The third-order valence-electron chi connectivity index (χ3n) is 3.20. The van der Waals surface area contributed by atoms with Crippen LogP contribution in [0.2, 0.25) is 0 Å². The quantitative estimate of drug-likeness (QED) is 0.788. The molecule has 2 rings (SSSR count). The van der Waals surface area contributed by atoms with Gasteiger partial charge in [-0.25, -0.2) is 0 Å². The second-order valence-electron chi connectivity index (χ2n) is 4.59. The van der Waals surface area contributed by atoms with Crippen molar-refractivity contribution in [1.29, 1.82) is 0 Å². The van der Waals surface area contributed by atoms with Gasteiger partial charge in [0.05, 0.1) is 0 Å². The number of hydrogen-bond donors (Lipinski definition) is 2. The molecule has 0 aromatic heterocycles. The van der Waals surface area contributed by atoms with Crippen LogP contribution in [0.4, 0.5) is 0 Å². The first-order valence-corrected chi connectivity index (χ1v) is 5.81. The van der Waals surface area contributed by atoms with Crippen LogP contribution in [0.3, 0.4) is 0 Å². The van der Waals surface area contributed by atoms with Crippen LogP contribution in [-0.4, -0.2) is 12.1 Å². The van der Waals surface area contributed by atoms with Crippen molar-refractivity contribution >= 4 is 0 Å². The Bertz CT molecular complexity index is 322. The zero-order chi connectivity index (χ0) is 10.7. The third-order valence-corrected chi connectivity index (χ3v) is 3.20. The minimum absolute atomic E-state index is 0.617. The Morgan fingerprint density at radius 2 is 2.07 bits per heavy atom. The number of hydrogen-bond acceptors (Lipinski definition) is 2. The molecule has 2 N–H and O–H groups in total. The fourth-order valence-corrected chi connectivity index (χ4v) is 2.22. The first kappa shape index (κ1) is 10.7. The molecule has 2 heteroatoms. The molecule has 0 bridgehead atoms. The van der Waals surface area contributed by atoms with Crippen LogP contribution in [-0.2, 0) is 6.42 Å². The van der Waals surface area contributed by atoms with E-state index >= 15 is 0 Å². The smallest absolute Gasteiger partial charge is 0.0231 e. The molecule has 0 aliphatic carbocycles. The summed E-state index contributed by atoms with van der Waals surface area (Å²) in [6, 6.07) is 9.92. The summed E-state index contributed by atoms with van der Waals surface area (Å²) in [7, 11) is 0. The summed E-state index contributed by atoms with van der Waals surface area (Å²) in [6.45, 7) is 4.42. The molecule has 1 fully saturated rings. The van der Waals surface area contributed by atoms with Gasteiger partial charge in [-0.15, -0.1) is 0 Å². The van der Waals surface area contributed by atoms with Crippen LogP contribution in [0.5, 0.6) is 0 Å². The van der Waals surface area contributed by atoms with Crippen molar-refractivity contribution in [1.82, 2.24) is 10.9 Å². The van der Waals surface area contributed by atoms with Crippen molar-refractivity contribution in [3.05, 3.63) is 35.4 Å². The molecular weight excluding hydrogens is 184 g/mol. The molecule has 1 aromatic carbocycles. The molecule has 0 radical (unpaired) electrons. The maximum absolute atomic E-state index is 3.35. The highest BCUT2D eigenvalue weighted by atomic mass is 15.4. The third kappa shape index (κ3) is 2.80. The Labute approximate surface area is 92.1 Å². The van der Waals surface area contributed by atoms with Crippen molar-refractivity contribution < 1.29 is 0 Å². The molecule has 0 saturated carbocycles. The van der Waals surface area contributed by atoms with Gasteiger partial charge in [0, 0.05) is 12.1 Å². The van der Waals surface area contributed by atoms with E-state index in [9.17, 15) is 0 Å². The van der Waals surface area contributed by atoms with Crippen LogP contribution in [0, 0.1) is 6.92 Å². The summed E-state index contributed by atoms with van der Waals surface area (Å²) >= 11 is 0. The number of aryl methyl sites for hydroxylation is 2. The summed E-state index contributed by atoms with van der Waals surface area (Å²) in [5.74, 6) is 0. The van der Waals surface area contributed by atoms with Gasteiger partial charge < -0.3 is 0 Å². The molecule has 1 saturated heterocycles. The largest absolute Gasteiger partial charge is 0.255 e. The molecule has 0 spiro atoms. The normalized spacial score (nSPS) is 25.7. The Morgan fingerprint density at radius 1 is 1.27 bits per heavy atom. The maximum Gasteiger partial charge on any atom is 0.0231 e. The van der Waals surface area contributed by atoms with Crippen LogP contribution in [0.25, 0.3) is 0 Å². The zero-order valence-electron chi connectivity index (χ0n) is 9.59. The van der Waals surface area contributed by atoms with E-state index in [1.54, 1.807) is 0 Å². The lowest BCUT2D eigenvalue weighted by molar-refractivity contribution is 0.517. The van der Waals surface area contributed by atoms with E-state index in [0.29, 0.717) is 12.1 Å². The lowest BCUT2D eigenvalue weighted by Crippen LogP contribution is -2.32. The molecule has 1 heterocycles. The van der Waals surface area contributed by atoms with E-state index in [2.05, 4.69) is 49.0 Å². The van der Waals surface area contributed by atoms with Gasteiger partial charge in [-0.05, 0) is 44.2 Å². The fourth-order valence-electron chi connectivity index (χ4n) is 2.22. The minimum atomic E-state index is 0.617. The topological polar surface area (TPSA) is 24.1 Å². The van der Waals surface area contributed by atoms with Gasteiger partial charge in [-0.2, -0.15) is 0 Å². The first-order chi connectivity index (χ1) is 7.25. The minimum Gasteiger partial charge on any atom is -0.255 e. The molecule has 1 aliphatic heterocycles. The van der Waals surface area contributed by atoms with Crippen molar-refractivity contribution in [3.63, 3.8) is 0 Å². The van der Waals surface area contributed by atoms with Gasteiger partial charge in [0.2, 0.25) is 0 Å². The van der Waals surface area contributed by atoms with E-state index < -0.39 is 0 Å². The Balaban J connectivity index is 1.86. The van der Waals surface area contributed by atoms with Crippen LogP contribution in [0.1, 0.15) is 30.9 Å². The number of benzene rings is 1. The highest BCUT2D eigenvalue weighted by Gasteiger charge is 2.19. The molecule has 1 aliphatic rings. The van der Waals surface area contributed by atoms with Gasteiger partial charge in [-0.1, -0.05) is 24.3 Å². The second kappa shape index (κ2) is 4.77.